The van der Waals surface area contributed by atoms with Gasteiger partial charge in [-0.05, 0) is 36.3 Å². The summed E-state index contributed by atoms with van der Waals surface area (Å²) >= 11 is 0. The van der Waals surface area contributed by atoms with Gasteiger partial charge in [-0.1, -0.05) is 73.9 Å². The number of nitrogens with one attached hydrogen (secondary N) is 3. The van der Waals surface area contributed by atoms with Crippen LogP contribution >= 0.6 is 0 Å². The summed E-state index contributed by atoms with van der Waals surface area (Å²) < 4.78 is 0. The minimum absolute atomic E-state index is 0.0711. The van der Waals surface area contributed by atoms with Crippen molar-refractivity contribution in [2.45, 2.75) is 51.1 Å². The lowest BCUT2D eigenvalue weighted by Crippen LogP contribution is -2.51. The highest BCUT2D eigenvalue weighted by molar-refractivity contribution is 6.01. The van der Waals surface area contributed by atoms with E-state index >= 15 is 0 Å². The third-order valence-electron chi connectivity index (χ3n) is 6.33. The fourth-order valence-corrected chi connectivity index (χ4v) is 4.37. The molecule has 6 N–H and O–H groups in total. The molecule has 0 unspecified atom stereocenters. The Morgan fingerprint density at radius 3 is 2.18 bits per heavy atom. The highest BCUT2D eigenvalue weighted by Crippen LogP contribution is 2.27. The van der Waals surface area contributed by atoms with Crippen molar-refractivity contribution in [3.05, 3.63) is 71.3 Å². The lowest BCUT2D eigenvalue weighted by Gasteiger charge is -2.29. The number of rotatable bonds is 10. The van der Waals surface area contributed by atoms with Crippen LogP contribution in [0.4, 0.5) is 0 Å². The Hall–Kier alpha value is -3.68. The third-order valence-corrected chi connectivity index (χ3v) is 6.33. The number of amidine groups is 1. The van der Waals surface area contributed by atoms with Crippen LogP contribution in [0.15, 0.2) is 54.6 Å². The number of aliphatic carboxylic acids is 1. The quantitative estimate of drug-likeness (QED) is 0.208. The largest absolute Gasteiger partial charge is 0.480 e. The lowest BCUT2D eigenvalue weighted by atomic mass is 9.83. The van der Waals surface area contributed by atoms with Crippen molar-refractivity contribution in [1.82, 2.24) is 10.6 Å². The summed E-state index contributed by atoms with van der Waals surface area (Å²) in [4.78, 5) is 38.3. The van der Waals surface area contributed by atoms with Gasteiger partial charge in [-0.3, -0.25) is 15.0 Å². The van der Waals surface area contributed by atoms with Crippen LogP contribution in [0.3, 0.4) is 0 Å². The number of carbonyl (C=O) groups is 3. The molecule has 1 aliphatic carbocycles. The fourth-order valence-electron chi connectivity index (χ4n) is 4.37. The minimum atomic E-state index is -1.10. The van der Waals surface area contributed by atoms with Crippen molar-refractivity contribution in [3.8, 4) is 0 Å². The van der Waals surface area contributed by atoms with E-state index in [0.717, 1.165) is 37.7 Å². The highest BCUT2D eigenvalue weighted by atomic mass is 16.4. The molecular formula is C26H32N4O4. The Morgan fingerprint density at radius 2 is 1.59 bits per heavy atom. The van der Waals surface area contributed by atoms with Crippen LogP contribution in [0.1, 0.15) is 48.8 Å². The van der Waals surface area contributed by atoms with Gasteiger partial charge in [0.05, 0.1) is 0 Å². The molecule has 0 radical (unpaired) electrons. The number of nitrogens with two attached hydrogens (primary N) is 1. The van der Waals surface area contributed by atoms with E-state index in [-0.39, 0.29) is 24.7 Å². The van der Waals surface area contributed by atoms with Crippen molar-refractivity contribution in [3.63, 3.8) is 0 Å². The molecule has 0 bridgehead atoms. The molecule has 0 saturated heterocycles. The van der Waals surface area contributed by atoms with E-state index in [1.54, 1.807) is 24.3 Å². The molecule has 8 nitrogen and oxygen atoms in total. The summed E-state index contributed by atoms with van der Waals surface area (Å²) in [6.07, 6.45) is 4.53. The van der Waals surface area contributed by atoms with Gasteiger partial charge < -0.3 is 21.5 Å². The minimum Gasteiger partial charge on any atom is -0.480 e. The van der Waals surface area contributed by atoms with Gasteiger partial charge in [-0.15, -0.1) is 0 Å². The number of amides is 2. The number of carboxylic acid groups (broad SMARTS) is 1. The molecule has 1 saturated carbocycles. The van der Waals surface area contributed by atoms with Crippen molar-refractivity contribution >= 4 is 23.6 Å². The topological polar surface area (TPSA) is 145 Å². The normalized spacial score (nSPS) is 15.6. The maximum atomic E-state index is 13.2. The maximum Gasteiger partial charge on any atom is 0.326 e. The molecule has 8 heteroatoms. The number of carboxylic acids is 1. The Kier molecular flexibility index (Phi) is 8.79. The molecule has 2 aromatic carbocycles. The first kappa shape index (κ1) is 25.0. The van der Waals surface area contributed by atoms with Gasteiger partial charge in [0.25, 0.3) is 0 Å². The summed E-state index contributed by atoms with van der Waals surface area (Å²) in [6.45, 7) is 0.262. The Labute approximate surface area is 199 Å². The summed E-state index contributed by atoms with van der Waals surface area (Å²) in [7, 11) is 0. The van der Waals surface area contributed by atoms with Gasteiger partial charge in [0.2, 0.25) is 11.8 Å². The van der Waals surface area contributed by atoms with Crippen LogP contribution in [-0.2, 0) is 27.3 Å². The van der Waals surface area contributed by atoms with Crippen LogP contribution in [0.2, 0.25) is 0 Å². The van der Waals surface area contributed by atoms with Gasteiger partial charge in [0, 0.05) is 12.1 Å². The van der Waals surface area contributed by atoms with Crippen molar-refractivity contribution < 1.29 is 19.5 Å². The summed E-state index contributed by atoms with van der Waals surface area (Å²) in [5, 5.41) is 22.8. The van der Waals surface area contributed by atoms with Crippen LogP contribution in [-0.4, -0.2) is 34.8 Å². The monoisotopic (exact) mass is 464 g/mol. The van der Waals surface area contributed by atoms with Gasteiger partial charge in [0.15, 0.2) is 0 Å². The molecule has 3 rings (SSSR count). The second-order valence-corrected chi connectivity index (χ2v) is 8.79. The van der Waals surface area contributed by atoms with Gasteiger partial charge in [-0.25, -0.2) is 4.79 Å². The Bertz CT molecular complexity index is 1000. The van der Waals surface area contributed by atoms with Gasteiger partial charge >= 0.3 is 5.97 Å². The van der Waals surface area contributed by atoms with Crippen LogP contribution < -0.4 is 16.4 Å². The zero-order chi connectivity index (χ0) is 24.5. The smallest absolute Gasteiger partial charge is 0.326 e. The Morgan fingerprint density at radius 1 is 0.941 bits per heavy atom. The first-order valence-corrected chi connectivity index (χ1v) is 11.6. The second-order valence-electron chi connectivity index (χ2n) is 8.79. The predicted molar refractivity (Wildman–Crippen MR) is 129 cm³/mol. The zero-order valence-corrected chi connectivity index (χ0v) is 19.1. The molecule has 2 atom stereocenters. The van der Waals surface area contributed by atoms with Crippen LogP contribution in [0, 0.1) is 17.2 Å². The molecule has 180 valence electrons. The molecule has 0 aromatic heterocycles. The number of hydrogen-bond acceptors (Lipinski definition) is 4. The van der Waals surface area contributed by atoms with Gasteiger partial charge in [-0.2, -0.15) is 0 Å². The van der Waals surface area contributed by atoms with E-state index in [4.69, 9.17) is 11.1 Å². The summed E-state index contributed by atoms with van der Waals surface area (Å²) in [6, 6.07) is 15.1. The molecule has 1 fully saturated rings. The van der Waals surface area contributed by atoms with Crippen LogP contribution in [0.5, 0.6) is 0 Å². The first-order valence-electron chi connectivity index (χ1n) is 11.6. The van der Waals surface area contributed by atoms with Crippen molar-refractivity contribution in [2.75, 3.05) is 0 Å². The third kappa shape index (κ3) is 6.91. The van der Waals surface area contributed by atoms with Crippen molar-refractivity contribution in [1.29, 1.82) is 5.41 Å². The standard InChI is InChI=1S/C26H32N4O4/c27-23(28)20-13-11-17(12-14-20)15-21(24(31)29-16-18-7-3-1-4-8-18)25(32)30-22(26(33)34)19-9-5-2-6-10-19/h1,3-4,7-8,11-14,19,21-22H,2,5-6,9-10,15-16H2,(H3,27,28)(H,29,31)(H,30,32)(H,33,34)/t21-,22+/m1/s1. The van der Waals surface area contributed by atoms with E-state index < -0.39 is 29.7 Å². The Balaban J connectivity index is 1.76. The average Bonchev–Trinajstić information content (AvgIpc) is 2.85. The molecular weight excluding hydrogens is 432 g/mol. The second kappa shape index (κ2) is 12.0. The number of nitrogen functional groups attached to an aromatic ring is 1. The molecule has 0 spiro atoms. The molecule has 34 heavy (non-hydrogen) atoms. The van der Waals surface area contributed by atoms with E-state index in [9.17, 15) is 19.5 Å². The molecule has 2 aromatic rings. The van der Waals surface area contributed by atoms with Crippen LogP contribution in [0.25, 0.3) is 0 Å². The number of carbonyl (C=O) groups excluding carboxylic acids is 2. The fraction of sp³-hybridized carbons (Fsp3) is 0.385. The average molecular weight is 465 g/mol. The predicted octanol–water partition coefficient (Wildman–Crippen LogP) is 2.60. The molecule has 2 amide bonds. The highest BCUT2D eigenvalue weighted by Gasteiger charge is 2.35. The lowest BCUT2D eigenvalue weighted by molar-refractivity contribution is -0.146. The SMILES string of the molecule is N=C(N)c1ccc(C[C@H](C(=O)NCc2ccccc2)C(=O)N[C@H](C(=O)O)C2CCCCC2)cc1. The first-order chi connectivity index (χ1) is 16.3. The van der Waals surface area contributed by atoms with E-state index in [0.29, 0.717) is 11.1 Å². The van der Waals surface area contributed by atoms with E-state index in [1.807, 2.05) is 30.3 Å². The van der Waals surface area contributed by atoms with E-state index in [1.165, 1.54) is 0 Å². The zero-order valence-electron chi connectivity index (χ0n) is 19.1. The molecule has 1 aliphatic rings. The van der Waals surface area contributed by atoms with E-state index in [2.05, 4.69) is 10.6 Å². The van der Waals surface area contributed by atoms with Crippen molar-refractivity contribution in [2.24, 2.45) is 17.6 Å². The molecule has 0 heterocycles. The summed E-state index contributed by atoms with van der Waals surface area (Å²) in [5.74, 6) is -3.45. The van der Waals surface area contributed by atoms with Gasteiger partial charge in [0.1, 0.15) is 17.8 Å². The molecule has 0 aliphatic heterocycles. The summed E-state index contributed by atoms with van der Waals surface area (Å²) in [5.41, 5.74) is 7.66. The number of benzene rings is 2. The number of hydrogen-bond donors (Lipinski definition) is 5. The maximum absolute atomic E-state index is 13.2.